The van der Waals surface area contributed by atoms with E-state index in [1.807, 2.05) is 19.2 Å². The van der Waals surface area contributed by atoms with Crippen LogP contribution in [-0.2, 0) is 13.6 Å². The first-order chi connectivity index (χ1) is 11.7. The predicted octanol–water partition coefficient (Wildman–Crippen LogP) is -0.115. The van der Waals surface area contributed by atoms with Crippen LogP contribution in [0.4, 0.5) is 4.39 Å². The Kier molecular flexibility index (Phi) is 7.42. The average Bonchev–Trinajstić information content (AvgIpc) is 3.21. The van der Waals surface area contributed by atoms with Gasteiger partial charge in [0.05, 0.1) is 6.54 Å². The zero-order valence-electron chi connectivity index (χ0n) is 13.7. The number of tetrazole rings is 1. The van der Waals surface area contributed by atoms with Crippen molar-refractivity contribution in [2.75, 3.05) is 12.3 Å². The highest BCUT2D eigenvalue weighted by Gasteiger charge is 2.05. The van der Waals surface area contributed by atoms with Gasteiger partial charge in [-0.05, 0) is 59.8 Å². The van der Waals surface area contributed by atoms with Crippen molar-refractivity contribution in [2.24, 2.45) is 7.05 Å². The van der Waals surface area contributed by atoms with Crippen LogP contribution in [0.25, 0.3) is 11.3 Å². The van der Waals surface area contributed by atoms with Gasteiger partial charge in [-0.15, -0.1) is 5.10 Å². The molecule has 25 heavy (non-hydrogen) atoms. The number of hydrogen-bond acceptors (Lipinski definition) is 6. The molecule has 1 N–H and O–H groups in total. The summed E-state index contributed by atoms with van der Waals surface area (Å²) in [5, 5.41) is 15.5. The molecule has 0 amide bonds. The zero-order chi connectivity index (χ0) is 16.8. The second-order valence-electron chi connectivity index (χ2n) is 5.24. The monoisotopic (exact) mass is 382 g/mol. The van der Waals surface area contributed by atoms with E-state index < -0.39 is 0 Å². The number of benzene rings is 1. The van der Waals surface area contributed by atoms with E-state index in [9.17, 15) is 4.39 Å². The molecule has 134 valence electrons. The highest BCUT2D eigenvalue weighted by Crippen LogP contribution is 2.22. The Morgan fingerprint density at radius 1 is 1.20 bits per heavy atom. The molecule has 0 saturated heterocycles. The predicted molar refractivity (Wildman–Crippen MR) is 89.9 cm³/mol. The minimum absolute atomic E-state index is 0. The average molecular weight is 383 g/mol. The van der Waals surface area contributed by atoms with Gasteiger partial charge in [-0.3, -0.25) is 0 Å². The largest absolute Gasteiger partial charge is 1.00 e. The lowest BCUT2D eigenvalue weighted by Crippen LogP contribution is -3.00. The van der Waals surface area contributed by atoms with Crippen molar-refractivity contribution in [3.05, 3.63) is 48.0 Å². The fraction of sp³-hybridized carbons (Fsp3) is 0.312. The van der Waals surface area contributed by atoms with Crippen molar-refractivity contribution in [1.29, 1.82) is 0 Å². The quantitative estimate of drug-likeness (QED) is 0.433. The first kappa shape index (κ1) is 19.4. The molecule has 3 aromatic rings. The number of furan rings is 1. The lowest BCUT2D eigenvalue weighted by atomic mass is 10.2. The third-order valence-electron chi connectivity index (χ3n) is 3.40. The normalized spacial score (nSPS) is 10.6. The molecule has 9 heteroatoms. The molecule has 3 rings (SSSR count). The fourth-order valence-corrected chi connectivity index (χ4v) is 2.95. The molecule has 0 radical (unpaired) electrons. The number of rotatable bonds is 8. The first-order valence-electron chi connectivity index (χ1n) is 7.63. The van der Waals surface area contributed by atoms with E-state index in [1.54, 1.807) is 28.6 Å². The SMILES string of the molecule is Cn1nnnc1SCCCNCc1ccc(-c2ccc(F)cc2)o1.[Cl-]. The molecular weight excluding hydrogens is 365 g/mol. The van der Waals surface area contributed by atoms with E-state index in [1.165, 1.54) is 12.1 Å². The Morgan fingerprint density at radius 2 is 2.00 bits per heavy atom. The minimum atomic E-state index is -0.248. The number of aromatic nitrogens is 4. The summed E-state index contributed by atoms with van der Waals surface area (Å²) >= 11 is 1.64. The molecule has 1 aromatic carbocycles. The van der Waals surface area contributed by atoms with Gasteiger partial charge in [-0.2, -0.15) is 0 Å². The van der Waals surface area contributed by atoms with Crippen LogP contribution in [0, 0.1) is 5.82 Å². The van der Waals surface area contributed by atoms with Crippen molar-refractivity contribution in [3.63, 3.8) is 0 Å². The number of halogens is 2. The molecule has 0 saturated carbocycles. The summed E-state index contributed by atoms with van der Waals surface area (Å²) in [5.74, 6) is 2.30. The summed E-state index contributed by atoms with van der Waals surface area (Å²) < 4.78 is 20.4. The van der Waals surface area contributed by atoms with E-state index in [0.717, 1.165) is 41.0 Å². The van der Waals surface area contributed by atoms with Crippen LogP contribution in [0.2, 0.25) is 0 Å². The Bertz CT molecular complexity index is 777. The van der Waals surface area contributed by atoms with Crippen LogP contribution < -0.4 is 17.7 Å². The number of thioether (sulfide) groups is 1. The second kappa shape index (κ2) is 9.55. The second-order valence-corrected chi connectivity index (χ2v) is 6.30. The van der Waals surface area contributed by atoms with E-state index in [4.69, 9.17) is 4.42 Å². The number of aryl methyl sites for hydroxylation is 1. The molecule has 0 spiro atoms. The highest BCUT2D eigenvalue weighted by atomic mass is 35.5. The smallest absolute Gasteiger partial charge is 0.209 e. The lowest BCUT2D eigenvalue weighted by molar-refractivity contribution is -0.00000626. The molecule has 2 aromatic heterocycles. The van der Waals surface area contributed by atoms with Crippen molar-refractivity contribution >= 4 is 11.8 Å². The van der Waals surface area contributed by atoms with E-state index in [2.05, 4.69) is 20.8 Å². The van der Waals surface area contributed by atoms with Gasteiger partial charge in [0.2, 0.25) is 5.16 Å². The topological polar surface area (TPSA) is 68.8 Å². The highest BCUT2D eigenvalue weighted by molar-refractivity contribution is 7.99. The van der Waals surface area contributed by atoms with Gasteiger partial charge < -0.3 is 22.1 Å². The summed E-state index contributed by atoms with van der Waals surface area (Å²) in [5.41, 5.74) is 0.872. The maximum atomic E-state index is 12.9. The Balaban J connectivity index is 0.00000225. The third-order valence-corrected chi connectivity index (χ3v) is 4.50. The zero-order valence-corrected chi connectivity index (χ0v) is 15.2. The van der Waals surface area contributed by atoms with Gasteiger partial charge in [0.25, 0.3) is 0 Å². The molecule has 2 heterocycles. The summed E-state index contributed by atoms with van der Waals surface area (Å²) in [4.78, 5) is 0. The molecular formula is C16H18ClFN5OS-. The van der Waals surface area contributed by atoms with Crippen LogP contribution in [0.5, 0.6) is 0 Å². The van der Waals surface area contributed by atoms with Gasteiger partial charge in [0, 0.05) is 18.4 Å². The van der Waals surface area contributed by atoms with E-state index in [-0.39, 0.29) is 18.2 Å². The van der Waals surface area contributed by atoms with Gasteiger partial charge in [0.15, 0.2) is 0 Å². The molecule has 0 fully saturated rings. The van der Waals surface area contributed by atoms with Gasteiger partial charge in [-0.1, -0.05) is 11.8 Å². The molecule has 0 aliphatic carbocycles. The Morgan fingerprint density at radius 3 is 2.72 bits per heavy atom. The third kappa shape index (κ3) is 5.55. The van der Waals surface area contributed by atoms with Crippen LogP contribution in [0.1, 0.15) is 12.2 Å². The number of hydrogen-bond donors (Lipinski definition) is 1. The molecule has 0 aliphatic heterocycles. The van der Waals surface area contributed by atoms with Crippen LogP contribution >= 0.6 is 11.8 Å². The standard InChI is InChI=1S/C16H18FN5OS.ClH/c1-22-16(19-20-21-22)24-10-2-9-18-11-14-7-8-15(23-14)12-3-5-13(17)6-4-12;/h3-8,18H,2,9-11H2,1H3;1H/p-1. The first-order valence-corrected chi connectivity index (χ1v) is 8.61. The number of nitrogens with zero attached hydrogens (tertiary/aromatic N) is 4. The maximum absolute atomic E-state index is 12.9. The molecule has 0 bridgehead atoms. The van der Waals surface area contributed by atoms with Crippen molar-refractivity contribution in [1.82, 2.24) is 25.5 Å². The van der Waals surface area contributed by atoms with Crippen LogP contribution in [0.15, 0.2) is 46.0 Å². The van der Waals surface area contributed by atoms with E-state index >= 15 is 0 Å². The van der Waals surface area contributed by atoms with Gasteiger partial charge in [-0.25, -0.2) is 9.07 Å². The van der Waals surface area contributed by atoms with Crippen molar-refractivity contribution in [2.45, 2.75) is 18.1 Å². The Labute approximate surface area is 155 Å². The Hall–Kier alpha value is -1.90. The van der Waals surface area contributed by atoms with Gasteiger partial charge in [0.1, 0.15) is 17.3 Å². The summed E-state index contributed by atoms with van der Waals surface area (Å²) in [6.07, 6.45) is 1.00. The minimum Gasteiger partial charge on any atom is -1.00 e. The summed E-state index contributed by atoms with van der Waals surface area (Å²) in [6, 6.07) is 10.1. The molecule has 0 atom stereocenters. The number of nitrogens with one attached hydrogen (secondary N) is 1. The van der Waals surface area contributed by atoms with Crippen molar-refractivity contribution in [3.8, 4) is 11.3 Å². The fourth-order valence-electron chi connectivity index (χ4n) is 2.16. The van der Waals surface area contributed by atoms with E-state index in [0.29, 0.717) is 6.54 Å². The van der Waals surface area contributed by atoms with Crippen molar-refractivity contribution < 1.29 is 21.2 Å². The van der Waals surface area contributed by atoms with Gasteiger partial charge >= 0.3 is 0 Å². The molecule has 0 unspecified atom stereocenters. The molecule has 6 nitrogen and oxygen atoms in total. The summed E-state index contributed by atoms with van der Waals surface area (Å²) in [6.45, 7) is 1.54. The lowest BCUT2D eigenvalue weighted by Gasteiger charge is -2.02. The van der Waals surface area contributed by atoms with Crippen LogP contribution in [-0.4, -0.2) is 32.5 Å². The maximum Gasteiger partial charge on any atom is 0.209 e. The van der Waals surface area contributed by atoms with Crippen LogP contribution in [0.3, 0.4) is 0 Å². The molecule has 0 aliphatic rings. The summed E-state index contributed by atoms with van der Waals surface area (Å²) in [7, 11) is 1.83.